The lowest BCUT2D eigenvalue weighted by Crippen LogP contribution is -2.20. The van der Waals surface area contributed by atoms with Gasteiger partial charge in [0.1, 0.15) is 5.60 Å². The Morgan fingerprint density at radius 3 is 2.42 bits per heavy atom. The van der Waals surface area contributed by atoms with Gasteiger partial charge in [0.2, 0.25) is 0 Å². The quantitative estimate of drug-likeness (QED) is 0.744. The summed E-state index contributed by atoms with van der Waals surface area (Å²) >= 11 is 2.31. The van der Waals surface area contributed by atoms with Gasteiger partial charge in [0, 0.05) is 3.57 Å². The Balaban J connectivity index is 2.27. The summed E-state index contributed by atoms with van der Waals surface area (Å²) < 4.78 is 1.20. The van der Waals surface area contributed by atoms with Crippen molar-refractivity contribution in [1.29, 1.82) is 0 Å². The van der Waals surface area contributed by atoms with Gasteiger partial charge in [0.25, 0.3) is 0 Å². The molecule has 1 atom stereocenters. The van der Waals surface area contributed by atoms with Crippen molar-refractivity contribution in [3.05, 3.63) is 68.8 Å². The first-order valence-electron chi connectivity index (χ1n) is 6.31. The molecular weight excluding hydrogens is 347 g/mol. The average Bonchev–Trinajstić information content (AvgIpc) is 2.58. The molecule has 0 heterocycles. The number of fused-ring (bicyclic) bond motifs is 1. The molecule has 2 aromatic rings. The SMILES string of the molecule is CC1=C(c2ccccc2)C(C)(O)c2ccc(I)cc21. The zero-order chi connectivity index (χ0) is 13.6. The highest BCUT2D eigenvalue weighted by atomic mass is 127. The van der Waals surface area contributed by atoms with E-state index in [1.54, 1.807) is 0 Å². The smallest absolute Gasteiger partial charge is 0.113 e. The molecule has 0 amide bonds. The van der Waals surface area contributed by atoms with Crippen molar-refractivity contribution in [2.45, 2.75) is 19.4 Å². The normalized spacial score (nSPS) is 21.7. The molecule has 1 unspecified atom stereocenters. The van der Waals surface area contributed by atoms with Crippen molar-refractivity contribution in [1.82, 2.24) is 0 Å². The molecule has 0 fully saturated rings. The van der Waals surface area contributed by atoms with E-state index in [1.807, 2.05) is 31.2 Å². The van der Waals surface area contributed by atoms with Gasteiger partial charge in [-0.2, -0.15) is 0 Å². The van der Waals surface area contributed by atoms with E-state index in [-0.39, 0.29) is 0 Å². The molecule has 0 bridgehead atoms. The highest BCUT2D eigenvalue weighted by molar-refractivity contribution is 14.1. The summed E-state index contributed by atoms with van der Waals surface area (Å²) in [5.74, 6) is 0. The highest BCUT2D eigenvalue weighted by Gasteiger charge is 2.38. The summed E-state index contributed by atoms with van der Waals surface area (Å²) in [6.45, 7) is 3.98. The van der Waals surface area contributed by atoms with Crippen LogP contribution in [0.15, 0.2) is 48.5 Å². The molecule has 1 nitrogen and oxygen atoms in total. The Kier molecular flexibility index (Phi) is 3.02. The molecule has 0 saturated heterocycles. The monoisotopic (exact) mass is 362 g/mol. The number of hydrogen-bond acceptors (Lipinski definition) is 1. The summed E-state index contributed by atoms with van der Waals surface area (Å²) in [5, 5.41) is 11.0. The van der Waals surface area contributed by atoms with Crippen LogP contribution in [-0.4, -0.2) is 5.11 Å². The van der Waals surface area contributed by atoms with Crippen LogP contribution in [-0.2, 0) is 5.60 Å². The summed E-state index contributed by atoms with van der Waals surface area (Å²) in [6.07, 6.45) is 0. The number of halogens is 1. The summed E-state index contributed by atoms with van der Waals surface area (Å²) in [6, 6.07) is 16.4. The standard InChI is InChI=1S/C17H15IO/c1-11-14-10-13(18)8-9-15(14)17(2,19)16(11)12-6-4-3-5-7-12/h3-10,19H,1-2H3. The van der Waals surface area contributed by atoms with Gasteiger partial charge in [0.15, 0.2) is 0 Å². The lowest BCUT2D eigenvalue weighted by molar-refractivity contribution is 0.125. The molecule has 0 radical (unpaired) electrons. The second-order valence-electron chi connectivity index (χ2n) is 5.13. The Bertz CT molecular complexity index is 669. The highest BCUT2D eigenvalue weighted by Crippen LogP contribution is 2.49. The van der Waals surface area contributed by atoms with Crippen molar-refractivity contribution in [2.75, 3.05) is 0 Å². The van der Waals surface area contributed by atoms with Crippen LogP contribution in [0.1, 0.15) is 30.5 Å². The molecule has 0 aliphatic heterocycles. The molecule has 2 aromatic carbocycles. The number of hydrogen-bond donors (Lipinski definition) is 1. The predicted molar refractivity (Wildman–Crippen MR) is 87.7 cm³/mol. The lowest BCUT2D eigenvalue weighted by atomic mass is 9.88. The van der Waals surface area contributed by atoms with Crippen LogP contribution in [0.4, 0.5) is 0 Å². The van der Waals surface area contributed by atoms with Crippen molar-refractivity contribution in [2.24, 2.45) is 0 Å². The maximum Gasteiger partial charge on any atom is 0.113 e. The Labute approximate surface area is 127 Å². The average molecular weight is 362 g/mol. The Morgan fingerprint density at radius 2 is 1.74 bits per heavy atom. The fraction of sp³-hybridized carbons (Fsp3) is 0.176. The summed E-state index contributed by atoms with van der Waals surface area (Å²) in [7, 11) is 0. The minimum atomic E-state index is -0.912. The number of allylic oxidation sites excluding steroid dienone is 1. The zero-order valence-corrected chi connectivity index (χ0v) is 13.1. The van der Waals surface area contributed by atoms with Gasteiger partial charge in [0.05, 0.1) is 0 Å². The molecule has 0 aromatic heterocycles. The van der Waals surface area contributed by atoms with Gasteiger partial charge < -0.3 is 5.11 Å². The molecule has 1 aliphatic carbocycles. The van der Waals surface area contributed by atoms with Gasteiger partial charge in [-0.3, -0.25) is 0 Å². The minimum absolute atomic E-state index is 0.912. The van der Waals surface area contributed by atoms with Crippen LogP contribution in [0.3, 0.4) is 0 Å². The van der Waals surface area contributed by atoms with Crippen LogP contribution in [0.5, 0.6) is 0 Å². The molecular formula is C17H15IO. The maximum absolute atomic E-state index is 11.0. The molecule has 0 saturated carbocycles. The molecule has 19 heavy (non-hydrogen) atoms. The maximum atomic E-state index is 11.0. The summed E-state index contributed by atoms with van der Waals surface area (Å²) in [5.41, 5.74) is 4.54. The molecule has 2 heteroatoms. The third-order valence-electron chi connectivity index (χ3n) is 3.83. The second-order valence-corrected chi connectivity index (χ2v) is 6.37. The van der Waals surface area contributed by atoms with Gasteiger partial charge >= 0.3 is 0 Å². The number of benzene rings is 2. The number of rotatable bonds is 1. The van der Waals surface area contributed by atoms with Crippen molar-refractivity contribution < 1.29 is 5.11 Å². The number of aliphatic hydroxyl groups is 1. The van der Waals surface area contributed by atoms with E-state index in [0.29, 0.717) is 0 Å². The topological polar surface area (TPSA) is 20.2 Å². The fourth-order valence-corrected chi connectivity index (χ4v) is 3.48. The van der Waals surface area contributed by atoms with Gasteiger partial charge in [-0.25, -0.2) is 0 Å². The van der Waals surface area contributed by atoms with E-state index >= 15 is 0 Å². The third-order valence-corrected chi connectivity index (χ3v) is 4.51. The van der Waals surface area contributed by atoms with Crippen molar-refractivity contribution >= 4 is 33.7 Å². The first-order valence-corrected chi connectivity index (χ1v) is 7.39. The fourth-order valence-electron chi connectivity index (χ4n) is 2.99. The van der Waals surface area contributed by atoms with Gasteiger partial charge in [-0.15, -0.1) is 0 Å². The van der Waals surface area contributed by atoms with Crippen LogP contribution in [0.2, 0.25) is 0 Å². The van der Waals surface area contributed by atoms with Gasteiger partial charge in [-0.05, 0) is 76.4 Å². The van der Waals surface area contributed by atoms with E-state index < -0.39 is 5.60 Å². The van der Waals surface area contributed by atoms with Crippen molar-refractivity contribution in [3.8, 4) is 0 Å². The minimum Gasteiger partial charge on any atom is -0.381 e. The second kappa shape index (κ2) is 4.46. The van der Waals surface area contributed by atoms with Crippen LogP contribution in [0.25, 0.3) is 11.1 Å². The lowest BCUT2D eigenvalue weighted by Gasteiger charge is -2.23. The van der Waals surface area contributed by atoms with E-state index in [9.17, 15) is 5.11 Å². The zero-order valence-electron chi connectivity index (χ0n) is 10.9. The Morgan fingerprint density at radius 1 is 1.05 bits per heavy atom. The van der Waals surface area contributed by atoms with Crippen LogP contribution in [0, 0.1) is 3.57 Å². The van der Waals surface area contributed by atoms with Crippen LogP contribution < -0.4 is 0 Å². The van der Waals surface area contributed by atoms with Crippen LogP contribution >= 0.6 is 22.6 Å². The predicted octanol–water partition coefficient (Wildman–Crippen LogP) is 4.44. The van der Waals surface area contributed by atoms with E-state index in [2.05, 4.69) is 53.8 Å². The van der Waals surface area contributed by atoms with E-state index in [1.165, 1.54) is 9.14 Å². The van der Waals surface area contributed by atoms with Gasteiger partial charge in [-0.1, -0.05) is 36.4 Å². The molecule has 3 rings (SSSR count). The molecule has 96 valence electrons. The molecule has 0 spiro atoms. The largest absolute Gasteiger partial charge is 0.381 e. The van der Waals surface area contributed by atoms with E-state index in [0.717, 1.165) is 22.3 Å². The molecule has 1 aliphatic rings. The van der Waals surface area contributed by atoms with E-state index in [4.69, 9.17) is 0 Å². The Hall–Kier alpha value is -1.13. The first-order chi connectivity index (χ1) is 9.01. The van der Waals surface area contributed by atoms with Crippen molar-refractivity contribution in [3.63, 3.8) is 0 Å². The first kappa shape index (κ1) is 12.9. The molecule has 1 N–H and O–H groups in total. The third kappa shape index (κ3) is 1.94. The summed E-state index contributed by atoms with van der Waals surface area (Å²) in [4.78, 5) is 0.